The smallest absolute Gasteiger partial charge is 0.509 e. The second-order valence-corrected chi connectivity index (χ2v) is 24.7. The second kappa shape index (κ2) is 18.8. The van der Waals surface area contributed by atoms with Crippen molar-refractivity contribution in [2.45, 2.75) is 105 Å². The number of pyridine rings is 1. The molecule has 0 N–H and O–H groups in total. The first-order valence-electron chi connectivity index (χ1n) is 26.6. The van der Waals surface area contributed by atoms with Gasteiger partial charge in [-0.25, -0.2) is 4.98 Å². The molecule has 8 aromatic carbocycles. The number of nitrogens with zero attached hydrogens (tertiary/aromatic N) is 5. The van der Waals surface area contributed by atoms with E-state index in [0.717, 1.165) is 67.2 Å². The van der Waals surface area contributed by atoms with E-state index in [-0.39, 0.29) is 42.7 Å². The molecule has 1 aliphatic rings. The van der Waals surface area contributed by atoms with E-state index >= 15 is 0 Å². The Balaban J connectivity index is 0.00000631. The number of ether oxygens (including phenoxy) is 1. The summed E-state index contributed by atoms with van der Waals surface area (Å²) in [7, 11) is 0. The Morgan fingerprint density at radius 3 is 1.75 bits per heavy atom. The van der Waals surface area contributed by atoms with Crippen molar-refractivity contribution in [3.63, 3.8) is 0 Å². The SMILES string of the molecule is CC(C)(C)c1cccc(-c2cccc3c2[N+](c2cc(C(C)(C)C)cc(C(C)(C)C)c2)=C=[N+]3c2[c-]c(Oc3[c-]c4c(cc3)c3cc(-n5c6ccccc6c6ccccc65)ccc3n4-c3cc(C(C)(C)C)ccn3)ccc2)c1.[Pt+2]. The van der Waals surface area contributed by atoms with E-state index in [4.69, 9.17) is 9.72 Å². The first-order chi connectivity index (χ1) is 36.2. The van der Waals surface area contributed by atoms with Gasteiger partial charge in [0.15, 0.2) is 0 Å². The molecule has 0 saturated carbocycles. The zero-order valence-electron chi connectivity index (χ0n) is 46.2. The van der Waals surface area contributed by atoms with E-state index in [1.807, 2.05) is 24.4 Å². The van der Waals surface area contributed by atoms with Crippen LogP contribution in [0.5, 0.6) is 11.5 Å². The number of hydrogen-bond donors (Lipinski definition) is 0. The maximum Gasteiger partial charge on any atom is 2.00 e. The quantitative estimate of drug-likeness (QED) is 0.118. The molecule has 0 fully saturated rings. The molecular weight excluding hydrogens is 1120 g/mol. The van der Waals surface area contributed by atoms with Crippen LogP contribution in [0.4, 0.5) is 22.7 Å². The standard InChI is InChI=1S/C70H65N5O.Pt/c1-67(2,3)46-21-17-20-45(36-46)55-26-19-29-63-66(55)73(52-38-48(69(7,8)9)37-49(39-52)70(10,11)12)44-72(63)50-22-18-23-53(41-50)76-54-31-32-58-59-42-51(74-60-27-15-13-24-56(60)57-25-14-16-28-61(57)74)30-33-62(59)75(64(58)43-54)65-40-47(34-35-71-65)68(4,5)6;/h13-40,42H,1-12H3;/q;+2. The third-order valence-corrected chi connectivity index (χ3v) is 15.2. The van der Waals surface area contributed by atoms with Crippen LogP contribution in [0.1, 0.15) is 105 Å². The molecule has 3 aromatic heterocycles. The Morgan fingerprint density at radius 2 is 1.08 bits per heavy atom. The van der Waals surface area contributed by atoms with Gasteiger partial charge in [-0.3, -0.25) is 0 Å². The zero-order valence-corrected chi connectivity index (χ0v) is 48.5. The average Bonchev–Trinajstić information content (AvgIpc) is 4.11. The van der Waals surface area contributed by atoms with Crippen molar-refractivity contribution in [2.75, 3.05) is 0 Å². The van der Waals surface area contributed by atoms with Gasteiger partial charge in [0.1, 0.15) is 11.5 Å². The summed E-state index contributed by atoms with van der Waals surface area (Å²) < 4.78 is 15.9. The van der Waals surface area contributed by atoms with Crippen LogP contribution in [0, 0.1) is 12.1 Å². The van der Waals surface area contributed by atoms with E-state index in [2.05, 4.69) is 271 Å². The molecule has 0 amide bonds. The Bertz CT molecular complexity index is 4140. The van der Waals surface area contributed by atoms with Crippen LogP contribution in [-0.2, 0) is 42.7 Å². The minimum Gasteiger partial charge on any atom is -0.509 e. The largest absolute Gasteiger partial charge is 2.00 e. The van der Waals surface area contributed by atoms with Crippen LogP contribution >= 0.6 is 0 Å². The van der Waals surface area contributed by atoms with E-state index in [9.17, 15) is 0 Å². The van der Waals surface area contributed by atoms with Crippen molar-refractivity contribution in [1.82, 2.24) is 23.3 Å². The summed E-state index contributed by atoms with van der Waals surface area (Å²) in [6.45, 7) is 27.3. The summed E-state index contributed by atoms with van der Waals surface area (Å²) in [5.41, 5.74) is 16.4. The average molecular weight is 1190 g/mol. The van der Waals surface area contributed by atoms with Gasteiger partial charge in [-0.05, 0) is 108 Å². The Hall–Kier alpha value is -7.62. The second-order valence-electron chi connectivity index (χ2n) is 24.7. The molecule has 0 aliphatic carbocycles. The van der Waals surface area contributed by atoms with Gasteiger partial charge < -0.3 is 13.9 Å². The fourth-order valence-electron chi connectivity index (χ4n) is 10.8. The third kappa shape index (κ3) is 9.26. The van der Waals surface area contributed by atoms with Gasteiger partial charge in [0.2, 0.25) is 5.69 Å². The maximum atomic E-state index is 6.86. The number of fused-ring (bicyclic) bond motifs is 7. The topological polar surface area (TPSA) is 38.0 Å². The Morgan fingerprint density at radius 1 is 0.468 bits per heavy atom. The number of hydrogen-bond acceptors (Lipinski definition) is 2. The zero-order chi connectivity index (χ0) is 53.1. The Labute approximate surface area is 467 Å². The summed E-state index contributed by atoms with van der Waals surface area (Å²) in [5.74, 6) is 1.97. The Kier molecular flexibility index (Phi) is 12.6. The summed E-state index contributed by atoms with van der Waals surface area (Å²) in [4.78, 5) is 5.01. The molecule has 0 atom stereocenters. The monoisotopic (exact) mass is 1190 g/mol. The first kappa shape index (κ1) is 51.5. The third-order valence-electron chi connectivity index (χ3n) is 15.2. The van der Waals surface area contributed by atoms with Crippen LogP contribution in [0.2, 0.25) is 0 Å². The van der Waals surface area contributed by atoms with E-state index in [1.165, 1.54) is 44.1 Å². The molecule has 0 spiro atoms. The fourth-order valence-corrected chi connectivity index (χ4v) is 10.8. The predicted octanol–water partition coefficient (Wildman–Crippen LogP) is 18.4. The van der Waals surface area contributed by atoms with Crippen molar-refractivity contribution in [3.8, 4) is 34.1 Å². The number of benzene rings is 8. The first-order valence-corrected chi connectivity index (χ1v) is 26.6. The van der Waals surface area contributed by atoms with Crippen LogP contribution < -0.4 is 13.9 Å². The van der Waals surface area contributed by atoms with E-state index in [0.29, 0.717) is 11.5 Å². The molecule has 4 heterocycles. The van der Waals surface area contributed by atoms with Gasteiger partial charge in [-0.15, -0.1) is 23.6 Å². The molecule has 7 heteroatoms. The van der Waals surface area contributed by atoms with Crippen LogP contribution in [0.3, 0.4) is 0 Å². The molecule has 11 aromatic rings. The summed E-state index contributed by atoms with van der Waals surface area (Å²) >= 11 is 0. The molecule has 0 radical (unpaired) electrons. The van der Waals surface area contributed by atoms with Gasteiger partial charge in [0.25, 0.3) is 5.69 Å². The molecular formula is C70H65N5OPt+2. The van der Waals surface area contributed by atoms with Gasteiger partial charge in [-0.2, -0.15) is 12.1 Å². The molecule has 384 valence electrons. The normalized spacial score (nSPS) is 13.0. The van der Waals surface area contributed by atoms with E-state index in [1.54, 1.807) is 0 Å². The van der Waals surface area contributed by atoms with Gasteiger partial charge in [0, 0.05) is 57.9 Å². The molecule has 12 rings (SSSR count). The van der Waals surface area contributed by atoms with Crippen LogP contribution in [0.15, 0.2) is 176 Å². The molecule has 0 unspecified atom stereocenters. The summed E-state index contributed by atoms with van der Waals surface area (Å²) in [5, 5.41) is 4.62. The van der Waals surface area contributed by atoms with E-state index < -0.39 is 0 Å². The predicted molar refractivity (Wildman–Crippen MR) is 318 cm³/mol. The van der Waals surface area contributed by atoms with Crippen molar-refractivity contribution >= 4 is 72.4 Å². The van der Waals surface area contributed by atoms with Gasteiger partial charge in [-0.1, -0.05) is 178 Å². The summed E-state index contributed by atoms with van der Waals surface area (Å²) in [6, 6.07) is 72.6. The van der Waals surface area contributed by atoms with Gasteiger partial charge >= 0.3 is 32.8 Å². The molecule has 6 nitrogen and oxygen atoms in total. The number of rotatable bonds is 7. The van der Waals surface area contributed by atoms with Crippen LogP contribution in [0.25, 0.3) is 66.2 Å². The number of para-hydroxylation sites is 3. The van der Waals surface area contributed by atoms with Gasteiger partial charge in [0.05, 0.1) is 16.6 Å². The fraction of sp³-hybridized carbons (Fsp3) is 0.229. The molecule has 77 heavy (non-hydrogen) atoms. The van der Waals surface area contributed by atoms with Crippen LogP contribution in [-0.4, -0.2) is 20.1 Å². The van der Waals surface area contributed by atoms with Crippen molar-refractivity contribution in [3.05, 3.63) is 210 Å². The van der Waals surface area contributed by atoms with Crippen molar-refractivity contribution in [1.29, 1.82) is 0 Å². The minimum absolute atomic E-state index is 0. The maximum absolute atomic E-state index is 6.86. The summed E-state index contributed by atoms with van der Waals surface area (Å²) in [6.07, 6.45) is 1.92. The molecule has 0 saturated heterocycles. The van der Waals surface area contributed by atoms with Crippen molar-refractivity contribution in [2.24, 2.45) is 0 Å². The molecule has 0 bridgehead atoms. The number of aromatic nitrogens is 3. The van der Waals surface area contributed by atoms with Crippen molar-refractivity contribution < 1.29 is 25.8 Å². The molecule has 1 aliphatic heterocycles. The minimum atomic E-state index is -0.0779.